The van der Waals surface area contributed by atoms with E-state index in [0.29, 0.717) is 5.75 Å². The Morgan fingerprint density at radius 1 is 1.05 bits per heavy atom. The first-order chi connectivity index (χ1) is 9.10. The molecule has 0 saturated carbocycles. The maximum Gasteiger partial charge on any atom is 0.308 e. The molecule has 2 aromatic carbocycles. The Bertz CT molecular complexity index is 591. The lowest BCUT2D eigenvalue weighted by Gasteiger charge is -2.07. The molecule has 4 heteroatoms. The first-order valence-electron chi connectivity index (χ1n) is 5.72. The minimum Gasteiger partial charge on any atom is -0.496 e. The summed E-state index contributed by atoms with van der Waals surface area (Å²) in [5.41, 5.74) is 2.10. The number of methoxy groups -OCH3 is 1. The second-order valence-electron chi connectivity index (χ2n) is 3.97. The van der Waals surface area contributed by atoms with Crippen LogP contribution in [0.2, 0.25) is 0 Å². The summed E-state index contributed by atoms with van der Waals surface area (Å²) in [6.45, 7) is 1.38. The quantitative estimate of drug-likeness (QED) is 0.632. The summed E-state index contributed by atoms with van der Waals surface area (Å²) >= 11 is 3.46. The molecule has 0 spiro atoms. The largest absolute Gasteiger partial charge is 0.496 e. The fourth-order valence-electron chi connectivity index (χ4n) is 1.73. The van der Waals surface area contributed by atoms with E-state index < -0.39 is 0 Å². The Labute approximate surface area is 120 Å². The lowest BCUT2D eigenvalue weighted by atomic mass is 10.1. The molecule has 0 fully saturated rings. The number of ether oxygens (including phenoxy) is 2. The average molecular weight is 321 g/mol. The maximum absolute atomic E-state index is 10.8. The number of esters is 1. The first-order valence-corrected chi connectivity index (χ1v) is 6.52. The van der Waals surface area contributed by atoms with Crippen LogP contribution in [0.5, 0.6) is 11.5 Å². The van der Waals surface area contributed by atoms with Gasteiger partial charge in [-0.3, -0.25) is 4.79 Å². The van der Waals surface area contributed by atoms with Gasteiger partial charge in [0.25, 0.3) is 0 Å². The molecular formula is C15H13BrO3. The number of hydrogen-bond acceptors (Lipinski definition) is 3. The van der Waals surface area contributed by atoms with Crippen molar-refractivity contribution in [2.75, 3.05) is 7.11 Å². The molecule has 0 aliphatic rings. The molecule has 0 N–H and O–H groups in total. The molecule has 0 atom stereocenters. The Morgan fingerprint density at radius 2 is 1.68 bits per heavy atom. The number of rotatable bonds is 3. The zero-order valence-electron chi connectivity index (χ0n) is 10.6. The van der Waals surface area contributed by atoms with Crippen LogP contribution in [-0.2, 0) is 4.79 Å². The Kier molecular flexibility index (Phi) is 4.22. The summed E-state index contributed by atoms with van der Waals surface area (Å²) < 4.78 is 11.1. The number of hydrogen-bond donors (Lipinski definition) is 0. The summed E-state index contributed by atoms with van der Waals surface area (Å²) in [6, 6.07) is 13.2. The van der Waals surface area contributed by atoms with Crippen molar-refractivity contribution in [1.82, 2.24) is 0 Å². The molecule has 0 radical (unpaired) electrons. The third kappa shape index (κ3) is 3.35. The minimum atomic E-state index is -0.319. The molecule has 0 unspecified atom stereocenters. The van der Waals surface area contributed by atoms with Gasteiger partial charge in [0, 0.05) is 6.92 Å². The Balaban J connectivity index is 2.27. The van der Waals surface area contributed by atoms with Crippen molar-refractivity contribution in [1.29, 1.82) is 0 Å². The van der Waals surface area contributed by atoms with Crippen molar-refractivity contribution in [2.24, 2.45) is 0 Å². The number of carbonyl (C=O) groups is 1. The van der Waals surface area contributed by atoms with Gasteiger partial charge in [0.2, 0.25) is 0 Å². The Hall–Kier alpha value is -1.81. The minimum absolute atomic E-state index is 0.319. The van der Waals surface area contributed by atoms with Gasteiger partial charge in [-0.2, -0.15) is 0 Å². The zero-order chi connectivity index (χ0) is 13.8. The molecule has 19 heavy (non-hydrogen) atoms. The van der Waals surface area contributed by atoms with Crippen LogP contribution in [0, 0.1) is 0 Å². The first kappa shape index (κ1) is 13.6. The highest BCUT2D eigenvalue weighted by Gasteiger charge is 2.04. The monoisotopic (exact) mass is 320 g/mol. The molecule has 0 aliphatic heterocycles. The summed E-state index contributed by atoms with van der Waals surface area (Å²) in [4.78, 5) is 10.8. The van der Waals surface area contributed by atoms with Crippen LogP contribution in [0.15, 0.2) is 46.9 Å². The highest BCUT2D eigenvalue weighted by molar-refractivity contribution is 9.10. The van der Waals surface area contributed by atoms with E-state index in [9.17, 15) is 4.79 Å². The number of benzene rings is 2. The molecule has 98 valence electrons. The lowest BCUT2D eigenvalue weighted by molar-refractivity contribution is -0.131. The van der Waals surface area contributed by atoms with Crippen LogP contribution < -0.4 is 9.47 Å². The molecule has 2 aromatic rings. The molecule has 0 amide bonds. The molecular weight excluding hydrogens is 308 g/mol. The van der Waals surface area contributed by atoms with Gasteiger partial charge in [-0.25, -0.2) is 0 Å². The predicted molar refractivity (Wildman–Crippen MR) is 77.4 cm³/mol. The van der Waals surface area contributed by atoms with Gasteiger partial charge < -0.3 is 9.47 Å². The smallest absolute Gasteiger partial charge is 0.308 e. The average Bonchev–Trinajstić information content (AvgIpc) is 2.39. The van der Waals surface area contributed by atoms with Crippen molar-refractivity contribution in [3.63, 3.8) is 0 Å². The van der Waals surface area contributed by atoms with Crippen molar-refractivity contribution in [2.45, 2.75) is 6.92 Å². The zero-order valence-corrected chi connectivity index (χ0v) is 12.2. The van der Waals surface area contributed by atoms with E-state index in [2.05, 4.69) is 15.9 Å². The standard InChI is InChI=1S/C15H13BrO3/c1-10(17)19-13-6-3-11(4-7-13)12-5-8-15(18-2)14(16)9-12/h3-9H,1-2H3. The number of carbonyl (C=O) groups excluding carboxylic acids is 1. The molecule has 0 aromatic heterocycles. The van der Waals surface area contributed by atoms with E-state index >= 15 is 0 Å². The summed E-state index contributed by atoms with van der Waals surface area (Å²) in [7, 11) is 1.63. The van der Waals surface area contributed by atoms with Crippen LogP contribution in [-0.4, -0.2) is 13.1 Å². The molecule has 2 rings (SSSR count). The van der Waals surface area contributed by atoms with Crippen molar-refractivity contribution < 1.29 is 14.3 Å². The summed E-state index contributed by atoms with van der Waals surface area (Å²) in [5.74, 6) is 1.02. The van der Waals surface area contributed by atoms with E-state index in [1.807, 2.05) is 30.3 Å². The maximum atomic E-state index is 10.8. The van der Waals surface area contributed by atoms with Gasteiger partial charge in [0.1, 0.15) is 11.5 Å². The van der Waals surface area contributed by atoms with Gasteiger partial charge in [-0.15, -0.1) is 0 Å². The second-order valence-corrected chi connectivity index (χ2v) is 4.82. The molecule has 3 nitrogen and oxygen atoms in total. The fraction of sp³-hybridized carbons (Fsp3) is 0.133. The highest BCUT2D eigenvalue weighted by atomic mass is 79.9. The topological polar surface area (TPSA) is 35.5 Å². The highest BCUT2D eigenvalue weighted by Crippen LogP contribution is 2.31. The van der Waals surface area contributed by atoms with Crippen LogP contribution in [0.25, 0.3) is 11.1 Å². The second kappa shape index (κ2) is 5.89. The van der Waals surface area contributed by atoms with Crippen molar-refractivity contribution in [3.8, 4) is 22.6 Å². The molecule has 0 bridgehead atoms. The lowest BCUT2D eigenvalue weighted by Crippen LogP contribution is -2.00. The van der Waals surface area contributed by atoms with Gasteiger partial charge in [0.15, 0.2) is 0 Å². The molecule has 0 saturated heterocycles. The van der Waals surface area contributed by atoms with Crippen LogP contribution in [0.3, 0.4) is 0 Å². The third-order valence-corrected chi connectivity index (χ3v) is 3.22. The molecule has 0 aliphatic carbocycles. The molecule has 0 heterocycles. The SMILES string of the molecule is COc1ccc(-c2ccc(OC(C)=O)cc2)cc1Br. The fourth-order valence-corrected chi connectivity index (χ4v) is 2.27. The van der Waals surface area contributed by atoms with Gasteiger partial charge >= 0.3 is 5.97 Å². The Morgan fingerprint density at radius 3 is 2.21 bits per heavy atom. The van der Waals surface area contributed by atoms with E-state index in [4.69, 9.17) is 9.47 Å². The third-order valence-electron chi connectivity index (χ3n) is 2.60. The van der Waals surface area contributed by atoms with Crippen LogP contribution >= 0.6 is 15.9 Å². The summed E-state index contributed by atoms with van der Waals surface area (Å²) in [6.07, 6.45) is 0. The number of halogens is 1. The van der Waals surface area contributed by atoms with Gasteiger partial charge in [-0.05, 0) is 51.3 Å². The van der Waals surface area contributed by atoms with E-state index in [1.165, 1.54) is 6.92 Å². The van der Waals surface area contributed by atoms with Gasteiger partial charge in [0.05, 0.1) is 11.6 Å². The van der Waals surface area contributed by atoms with E-state index in [1.54, 1.807) is 19.2 Å². The van der Waals surface area contributed by atoms with Crippen molar-refractivity contribution >= 4 is 21.9 Å². The normalized spacial score (nSPS) is 10.1. The van der Waals surface area contributed by atoms with Crippen LogP contribution in [0.1, 0.15) is 6.92 Å². The van der Waals surface area contributed by atoms with Crippen LogP contribution in [0.4, 0.5) is 0 Å². The summed E-state index contributed by atoms with van der Waals surface area (Å²) in [5, 5.41) is 0. The van der Waals surface area contributed by atoms with Gasteiger partial charge in [-0.1, -0.05) is 18.2 Å². The van der Waals surface area contributed by atoms with E-state index in [-0.39, 0.29) is 5.97 Å². The van der Waals surface area contributed by atoms with E-state index in [0.717, 1.165) is 21.3 Å². The van der Waals surface area contributed by atoms with Crippen molar-refractivity contribution in [3.05, 3.63) is 46.9 Å². The predicted octanol–water partition coefficient (Wildman–Crippen LogP) is 4.05.